The molecule has 2 aliphatic heterocycles. The number of thiazole rings is 1. The second kappa shape index (κ2) is 8.13. The van der Waals surface area contributed by atoms with Crippen molar-refractivity contribution in [1.82, 2.24) is 9.30 Å². The number of imidazole rings is 1. The van der Waals surface area contributed by atoms with Gasteiger partial charge in [0.2, 0.25) is 25.8 Å². The summed E-state index contributed by atoms with van der Waals surface area (Å²) in [7, 11) is -3.52. The molecule has 0 unspecified atom stereocenters. The van der Waals surface area contributed by atoms with Gasteiger partial charge in [-0.2, -0.15) is 4.40 Å². The van der Waals surface area contributed by atoms with Crippen molar-refractivity contribution < 1.29 is 32.8 Å². The highest BCUT2D eigenvalue weighted by Gasteiger charge is 2.60. The molecule has 0 radical (unpaired) electrons. The zero-order valence-electron chi connectivity index (χ0n) is 17.8. The number of nitrogens with zero attached hydrogens (tertiary/aromatic N) is 3. The summed E-state index contributed by atoms with van der Waals surface area (Å²) in [5.74, 6) is -2.46. The lowest BCUT2D eigenvalue weighted by Gasteiger charge is -2.46. The Morgan fingerprint density at radius 2 is 2.12 bits per heavy atom. The van der Waals surface area contributed by atoms with Crippen LogP contribution in [-0.2, 0) is 26.2 Å². The third-order valence-corrected chi connectivity index (χ3v) is 9.01. The van der Waals surface area contributed by atoms with Crippen LogP contribution in [0.15, 0.2) is 23.2 Å². The second-order valence-corrected chi connectivity index (χ2v) is 11.7. The summed E-state index contributed by atoms with van der Waals surface area (Å²) in [5.41, 5.74) is 0.584. The fourth-order valence-corrected chi connectivity index (χ4v) is 7.49. The van der Waals surface area contributed by atoms with E-state index in [9.17, 15) is 28.2 Å². The number of aryl methyl sites for hydroxylation is 1. The fraction of sp³-hybridized carbons (Fsp3) is 0.526. The van der Waals surface area contributed by atoms with Crippen LogP contribution in [0.4, 0.5) is 0 Å². The van der Waals surface area contributed by atoms with E-state index in [1.165, 1.54) is 28.0 Å². The Hall–Kier alpha value is -1.93. The molecule has 174 valence electrons. The largest absolute Gasteiger partial charge is 0.477 e. The van der Waals surface area contributed by atoms with Crippen LogP contribution >= 0.6 is 23.1 Å². The van der Waals surface area contributed by atoms with Crippen LogP contribution in [0.2, 0.25) is 0 Å². The monoisotopic (exact) mass is 501 g/mol. The molecule has 1 fully saturated rings. The number of hydrogen-bond acceptors (Lipinski definition) is 7. The van der Waals surface area contributed by atoms with E-state index in [0.29, 0.717) is 18.5 Å². The van der Waals surface area contributed by atoms with E-state index in [2.05, 4.69) is 0 Å². The average Bonchev–Trinajstić information content (AvgIpc) is 3.27. The van der Waals surface area contributed by atoms with Crippen molar-refractivity contribution in [2.24, 2.45) is 17.0 Å². The zero-order chi connectivity index (χ0) is 23.5. The van der Waals surface area contributed by atoms with E-state index < -0.39 is 28.0 Å². The average molecular weight is 502 g/mol. The number of nitrogens with two attached hydrogens (primary N) is 1. The molecule has 2 aromatic heterocycles. The van der Waals surface area contributed by atoms with Crippen molar-refractivity contribution in [2.75, 3.05) is 12.0 Å². The predicted octanol–water partition coefficient (Wildman–Crippen LogP) is 0.342. The van der Waals surface area contributed by atoms with Gasteiger partial charge in [0.25, 0.3) is 6.33 Å². The Bertz CT molecular complexity index is 1250. The maximum atomic E-state index is 12.6. The molecule has 0 saturated carbocycles. The van der Waals surface area contributed by atoms with Gasteiger partial charge in [-0.3, -0.25) is 4.79 Å². The van der Waals surface area contributed by atoms with Crippen LogP contribution in [0.25, 0.3) is 10.4 Å². The van der Waals surface area contributed by atoms with Gasteiger partial charge in [-0.05, 0) is 13.2 Å². The summed E-state index contributed by atoms with van der Waals surface area (Å²) in [5, 5.41) is 25.9. The van der Waals surface area contributed by atoms with E-state index in [4.69, 9.17) is 5.14 Å². The van der Waals surface area contributed by atoms with Gasteiger partial charge in [0.1, 0.15) is 11.9 Å². The number of aliphatic carboxylic acids is 1. The molecule has 0 aromatic carbocycles. The fourth-order valence-electron chi connectivity index (χ4n) is 4.75. The molecule has 32 heavy (non-hydrogen) atoms. The highest BCUT2D eigenvalue weighted by atomic mass is 32.2. The molecule has 1 amide bonds. The van der Waals surface area contributed by atoms with Gasteiger partial charge in [0, 0.05) is 17.9 Å². The molecule has 0 aliphatic carbocycles. The van der Waals surface area contributed by atoms with Crippen molar-refractivity contribution >= 4 is 55.4 Å². The number of rotatable bonds is 8. The van der Waals surface area contributed by atoms with Crippen molar-refractivity contribution in [3.63, 3.8) is 0 Å². The van der Waals surface area contributed by atoms with E-state index in [1.54, 1.807) is 6.92 Å². The highest BCUT2D eigenvalue weighted by molar-refractivity contribution is 7.98. The van der Waals surface area contributed by atoms with Gasteiger partial charge < -0.3 is 15.1 Å². The number of carbonyl (C=O) groups is 2. The molecule has 13 heteroatoms. The number of hydrogen-bond donors (Lipinski definition) is 3. The van der Waals surface area contributed by atoms with Crippen LogP contribution < -0.4 is 9.71 Å². The molecule has 2 aliphatic rings. The van der Waals surface area contributed by atoms with Gasteiger partial charge >= 0.3 is 5.97 Å². The third kappa shape index (κ3) is 3.65. The molecule has 4 N–H and O–H groups in total. The van der Waals surface area contributed by atoms with Gasteiger partial charge in [0.05, 0.1) is 35.2 Å². The minimum absolute atomic E-state index is 0.0133. The Balaban J connectivity index is 1.71. The van der Waals surface area contributed by atoms with Crippen LogP contribution in [0, 0.1) is 11.8 Å². The summed E-state index contributed by atoms with van der Waals surface area (Å²) < 4.78 is 26.3. The standard InChI is InChI=1S/C19H24N4O6S3/c1-9-12(15(19(26)27)23-14(9)13(10(2)24)16(23)25)11-7-22-8-21(5-4-6-32(20,28)29)17(30-3)18(22)31-11/h7-10,13-14,24H,4-6H2,1-3H3,(H2-,20,26,27,28,29)/p+1/t9-,10+,13+,14+/m0/s1. The minimum Gasteiger partial charge on any atom is -0.477 e. The maximum Gasteiger partial charge on any atom is 0.352 e. The number of thioether (sulfide) groups is 1. The lowest BCUT2D eigenvalue weighted by atomic mass is 9.77. The molecule has 4 atom stereocenters. The highest BCUT2D eigenvalue weighted by Crippen LogP contribution is 2.51. The van der Waals surface area contributed by atoms with Crippen LogP contribution in [-0.4, -0.2) is 64.0 Å². The zero-order valence-corrected chi connectivity index (χ0v) is 20.2. The smallest absolute Gasteiger partial charge is 0.352 e. The molecule has 1 saturated heterocycles. The molecule has 4 heterocycles. The summed E-state index contributed by atoms with van der Waals surface area (Å²) in [4.78, 5) is 27.6. The summed E-state index contributed by atoms with van der Waals surface area (Å²) in [6.45, 7) is 3.93. The minimum atomic E-state index is -3.52. The third-order valence-electron chi connectivity index (χ3n) is 6.07. The van der Waals surface area contributed by atoms with Crippen molar-refractivity contribution in [2.45, 2.75) is 44.0 Å². The first-order valence-electron chi connectivity index (χ1n) is 10.0. The number of primary sulfonamides is 1. The van der Waals surface area contributed by atoms with Crippen LogP contribution in [0.1, 0.15) is 25.1 Å². The second-order valence-electron chi connectivity index (χ2n) is 8.17. The van der Waals surface area contributed by atoms with E-state index >= 15 is 0 Å². The Labute approximate surface area is 193 Å². The number of sulfonamides is 1. The van der Waals surface area contributed by atoms with E-state index in [0.717, 1.165) is 14.7 Å². The summed E-state index contributed by atoms with van der Waals surface area (Å²) in [6, 6.07) is -0.367. The van der Waals surface area contributed by atoms with E-state index in [1.807, 2.05) is 34.7 Å². The molecule has 4 rings (SSSR count). The Kier molecular flexibility index (Phi) is 5.91. The number of carboxylic acid groups (broad SMARTS) is 1. The topological polar surface area (TPSA) is 146 Å². The van der Waals surface area contributed by atoms with Crippen molar-refractivity contribution in [3.8, 4) is 0 Å². The lowest BCUT2D eigenvalue weighted by molar-refractivity contribution is -0.729. The maximum absolute atomic E-state index is 12.6. The quantitative estimate of drug-likeness (QED) is 0.269. The number of aliphatic hydroxyl groups is 1. The van der Waals surface area contributed by atoms with Crippen LogP contribution in [0.5, 0.6) is 0 Å². The van der Waals surface area contributed by atoms with E-state index in [-0.39, 0.29) is 29.3 Å². The predicted molar refractivity (Wildman–Crippen MR) is 119 cm³/mol. The molecular formula is C19H25N4O6S3+. The SMILES string of the molecule is CSc1c2sc(C3=C(C(=O)O)N4C(=O)[C@H]([C@@H](C)O)[C@H]4[C@H]3C)cn2c[n+]1CCCS(N)(=O)=O. The Morgan fingerprint density at radius 3 is 2.69 bits per heavy atom. The number of fused-ring (bicyclic) bond motifs is 2. The first-order valence-corrected chi connectivity index (χ1v) is 13.8. The normalized spacial score (nSPS) is 24.2. The molecule has 10 nitrogen and oxygen atoms in total. The number of β-lactam (4-membered cyclic amide) rings is 1. The number of aliphatic hydroxyl groups excluding tert-OH is 1. The van der Waals surface area contributed by atoms with Crippen molar-refractivity contribution in [1.29, 1.82) is 0 Å². The van der Waals surface area contributed by atoms with Gasteiger partial charge in [-0.1, -0.05) is 30.0 Å². The Morgan fingerprint density at radius 1 is 1.44 bits per heavy atom. The number of carbonyl (C=O) groups excluding carboxylic acids is 1. The number of carboxylic acids is 1. The number of amides is 1. The first-order chi connectivity index (χ1) is 15.0. The van der Waals surface area contributed by atoms with Gasteiger partial charge in [-0.25, -0.2) is 22.9 Å². The first kappa shape index (κ1) is 23.2. The molecular weight excluding hydrogens is 476 g/mol. The summed E-state index contributed by atoms with van der Waals surface area (Å²) in [6.07, 6.45) is 5.15. The van der Waals surface area contributed by atoms with Crippen molar-refractivity contribution in [3.05, 3.63) is 23.1 Å². The molecule has 0 spiro atoms. The van der Waals surface area contributed by atoms with Crippen LogP contribution in [0.3, 0.4) is 0 Å². The molecule has 2 aromatic rings. The lowest BCUT2D eigenvalue weighted by Crippen LogP contribution is -2.63. The van der Waals surface area contributed by atoms with Gasteiger partial charge in [-0.15, -0.1) is 0 Å². The van der Waals surface area contributed by atoms with Gasteiger partial charge in [0.15, 0.2) is 0 Å². The summed E-state index contributed by atoms with van der Waals surface area (Å²) >= 11 is 2.94. The molecule has 0 bridgehead atoms. The number of aromatic nitrogens is 2.